The summed E-state index contributed by atoms with van der Waals surface area (Å²) >= 11 is 1.12. The predicted octanol–water partition coefficient (Wildman–Crippen LogP) is 4.71. The number of benzene rings is 2. The molecule has 3 rings (SSSR count). The monoisotopic (exact) mass is 526 g/mol. The van der Waals surface area contributed by atoms with Gasteiger partial charge in [0.2, 0.25) is 0 Å². The highest BCUT2D eigenvalue weighted by Gasteiger charge is 2.41. The number of alkyl halides is 3. The Morgan fingerprint density at radius 1 is 0.972 bits per heavy atom. The van der Waals surface area contributed by atoms with Gasteiger partial charge in [0.05, 0.1) is 11.3 Å². The molecule has 0 aliphatic carbocycles. The van der Waals surface area contributed by atoms with E-state index in [1.165, 1.54) is 12.1 Å². The zero-order valence-corrected chi connectivity index (χ0v) is 20.5. The number of thiazole rings is 1. The predicted molar refractivity (Wildman–Crippen MR) is 132 cm³/mol. The molecule has 3 N–H and O–H groups in total. The molecule has 196 valence electrons. The molecular weight excluding hydrogens is 497 g/mol. The molecule has 0 unspecified atom stereocenters. The van der Waals surface area contributed by atoms with Crippen molar-refractivity contribution in [2.75, 3.05) is 26.3 Å². The van der Waals surface area contributed by atoms with Crippen LogP contribution in [0.5, 0.6) is 11.5 Å². The Kier molecular flexibility index (Phi) is 10.3. The summed E-state index contributed by atoms with van der Waals surface area (Å²) in [5.74, 6) is -2.29. The number of nitrogens with one attached hydrogen (secondary N) is 2. The number of unbranched alkanes of at least 4 members (excludes halogenated alkanes) is 3. The fourth-order valence-electron chi connectivity index (χ4n) is 3.61. The third-order valence-electron chi connectivity index (χ3n) is 5.50. The highest BCUT2D eigenvalue weighted by molar-refractivity contribution is 7.16. The van der Waals surface area contributed by atoms with Crippen molar-refractivity contribution >= 4 is 27.5 Å². The average molecular weight is 527 g/mol. The molecule has 0 aliphatic heterocycles. The van der Waals surface area contributed by atoms with Gasteiger partial charge < -0.3 is 24.9 Å². The Morgan fingerprint density at radius 3 is 2.47 bits per heavy atom. The van der Waals surface area contributed by atoms with Crippen molar-refractivity contribution in [3.8, 4) is 11.5 Å². The van der Waals surface area contributed by atoms with Gasteiger partial charge in [-0.15, -0.1) is 0 Å². The fraction of sp³-hybridized carbons (Fsp3) is 0.440. The van der Waals surface area contributed by atoms with E-state index in [0.29, 0.717) is 25.2 Å². The van der Waals surface area contributed by atoms with Crippen molar-refractivity contribution < 1.29 is 32.5 Å². The second-order valence-corrected chi connectivity index (χ2v) is 9.25. The summed E-state index contributed by atoms with van der Waals surface area (Å²) in [6.45, 7) is 2.84. The van der Waals surface area contributed by atoms with E-state index in [2.05, 4.69) is 15.0 Å². The van der Waals surface area contributed by atoms with E-state index in [-0.39, 0.29) is 16.4 Å². The lowest BCUT2D eigenvalue weighted by atomic mass is 10.1. The summed E-state index contributed by atoms with van der Waals surface area (Å²) in [6, 6.07) is 9.36. The SMILES string of the molecule is O=C(Oc1ccc(CCOCCCCCCNCCc2ccc(O)c3[nH]c(=O)sc23)cc1)C(F)(F)F. The Bertz CT molecular complexity index is 1180. The minimum absolute atomic E-state index is 0.0925. The molecule has 0 saturated carbocycles. The molecule has 7 nitrogen and oxygen atoms in total. The van der Waals surface area contributed by atoms with Crippen LogP contribution in [0.25, 0.3) is 10.2 Å². The third-order valence-corrected chi connectivity index (χ3v) is 6.46. The number of aromatic hydroxyl groups is 1. The second kappa shape index (κ2) is 13.4. The Hall–Kier alpha value is -2.89. The summed E-state index contributed by atoms with van der Waals surface area (Å²) in [5, 5.41) is 13.3. The number of ether oxygens (including phenoxy) is 2. The number of carbonyl (C=O) groups excluding carboxylic acids is 1. The number of fused-ring (bicyclic) bond motifs is 1. The van der Waals surface area contributed by atoms with E-state index in [1.807, 2.05) is 6.07 Å². The maximum absolute atomic E-state index is 12.2. The zero-order chi connectivity index (χ0) is 26.0. The first-order valence-electron chi connectivity index (χ1n) is 11.7. The number of hydrogen-bond acceptors (Lipinski definition) is 7. The summed E-state index contributed by atoms with van der Waals surface area (Å²) in [5.41, 5.74) is 2.43. The molecule has 2 aromatic carbocycles. The number of esters is 1. The molecule has 11 heteroatoms. The van der Waals surface area contributed by atoms with Gasteiger partial charge in [0.1, 0.15) is 17.0 Å². The first kappa shape index (κ1) is 27.7. The lowest BCUT2D eigenvalue weighted by molar-refractivity contribution is -0.189. The van der Waals surface area contributed by atoms with Crippen LogP contribution >= 0.6 is 11.3 Å². The maximum Gasteiger partial charge on any atom is 0.491 e. The van der Waals surface area contributed by atoms with Crippen LogP contribution in [0.1, 0.15) is 36.8 Å². The number of rotatable bonds is 14. The summed E-state index contributed by atoms with van der Waals surface area (Å²) in [4.78, 5) is 24.9. The summed E-state index contributed by atoms with van der Waals surface area (Å²) in [6.07, 6.45) is 0.509. The molecule has 3 aromatic rings. The second-order valence-electron chi connectivity index (χ2n) is 8.27. The number of aromatic nitrogens is 1. The molecule has 36 heavy (non-hydrogen) atoms. The van der Waals surface area contributed by atoms with E-state index < -0.39 is 12.1 Å². The van der Waals surface area contributed by atoms with Gasteiger partial charge in [0, 0.05) is 6.61 Å². The number of hydrogen-bond donors (Lipinski definition) is 3. The molecule has 0 saturated heterocycles. The largest absolute Gasteiger partial charge is 0.506 e. The number of carbonyl (C=O) groups is 1. The van der Waals surface area contributed by atoms with Crippen molar-refractivity contribution in [3.63, 3.8) is 0 Å². The molecule has 0 aliphatic rings. The molecular formula is C25H29F3N2O5S. The average Bonchev–Trinajstić information content (AvgIpc) is 3.24. The minimum atomic E-state index is -5.02. The van der Waals surface area contributed by atoms with Crippen LogP contribution in [-0.2, 0) is 22.4 Å². The minimum Gasteiger partial charge on any atom is -0.506 e. The van der Waals surface area contributed by atoms with Crippen LogP contribution in [-0.4, -0.2) is 48.5 Å². The number of H-pyrrole nitrogens is 1. The molecule has 0 fully saturated rings. The van der Waals surface area contributed by atoms with Gasteiger partial charge in [-0.25, -0.2) is 4.79 Å². The molecule has 0 bridgehead atoms. The molecule has 0 radical (unpaired) electrons. The number of phenols is 1. The fourth-order valence-corrected chi connectivity index (χ4v) is 4.50. The van der Waals surface area contributed by atoms with Crippen molar-refractivity contribution in [3.05, 3.63) is 57.2 Å². The van der Waals surface area contributed by atoms with Crippen LogP contribution in [0.3, 0.4) is 0 Å². The topological polar surface area (TPSA) is 101 Å². The molecule has 0 spiro atoms. The van der Waals surface area contributed by atoms with Crippen LogP contribution in [0, 0.1) is 0 Å². The first-order valence-corrected chi connectivity index (χ1v) is 12.6. The lowest BCUT2D eigenvalue weighted by Gasteiger charge is -2.08. The molecule has 1 heterocycles. The Morgan fingerprint density at radius 2 is 1.72 bits per heavy atom. The quantitative estimate of drug-likeness (QED) is 0.160. The number of halogens is 3. The zero-order valence-electron chi connectivity index (χ0n) is 19.7. The molecule has 0 atom stereocenters. The standard InChI is InChI=1S/C25H29F3N2O5S/c26-25(27,28)23(32)35-19-8-5-17(6-9-19)12-16-34-15-4-2-1-3-13-29-14-11-18-7-10-20(31)21-22(18)36-24(33)30-21/h5-10,29,31H,1-4,11-16H2,(H,30,33). The van der Waals surface area contributed by atoms with Crippen molar-refractivity contribution in [1.82, 2.24) is 10.3 Å². The summed E-state index contributed by atoms with van der Waals surface area (Å²) < 4.78 is 47.3. The van der Waals surface area contributed by atoms with Gasteiger partial charge in [-0.05, 0) is 68.1 Å². The van der Waals surface area contributed by atoms with Crippen molar-refractivity contribution in [2.24, 2.45) is 0 Å². The van der Waals surface area contributed by atoms with Gasteiger partial charge >= 0.3 is 17.0 Å². The van der Waals surface area contributed by atoms with Crippen LogP contribution in [0.15, 0.2) is 41.2 Å². The highest BCUT2D eigenvalue weighted by Crippen LogP contribution is 2.27. The van der Waals surface area contributed by atoms with Crippen molar-refractivity contribution in [1.29, 1.82) is 0 Å². The van der Waals surface area contributed by atoms with Crippen LogP contribution < -0.4 is 14.9 Å². The van der Waals surface area contributed by atoms with Crippen molar-refractivity contribution in [2.45, 2.75) is 44.7 Å². The van der Waals surface area contributed by atoms with Gasteiger partial charge in [0.25, 0.3) is 0 Å². The molecule has 0 amide bonds. The van der Waals surface area contributed by atoms with Crippen LogP contribution in [0.2, 0.25) is 0 Å². The smallest absolute Gasteiger partial charge is 0.491 e. The Balaban J connectivity index is 1.18. The van der Waals surface area contributed by atoms with E-state index in [4.69, 9.17) is 4.74 Å². The molecule has 1 aromatic heterocycles. The van der Waals surface area contributed by atoms with E-state index in [9.17, 15) is 27.9 Å². The van der Waals surface area contributed by atoms with E-state index >= 15 is 0 Å². The summed E-state index contributed by atoms with van der Waals surface area (Å²) in [7, 11) is 0. The first-order chi connectivity index (χ1) is 17.2. The number of phenolic OH excluding ortho intramolecular Hbond substituents is 1. The van der Waals surface area contributed by atoms with Crippen LogP contribution in [0.4, 0.5) is 13.2 Å². The van der Waals surface area contributed by atoms with Gasteiger partial charge in [-0.2, -0.15) is 13.2 Å². The van der Waals surface area contributed by atoms with E-state index in [1.54, 1.807) is 18.2 Å². The van der Waals surface area contributed by atoms with Gasteiger partial charge in [0.15, 0.2) is 0 Å². The Labute approximate surface area is 210 Å². The maximum atomic E-state index is 12.2. The lowest BCUT2D eigenvalue weighted by Crippen LogP contribution is -2.27. The highest BCUT2D eigenvalue weighted by atomic mass is 32.1. The number of aromatic amines is 1. The third kappa shape index (κ3) is 8.65. The van der Waals surface area contributed by atoms with E-state index in [0.717, 1.165) is 72.4 Å². The van der Waals surface area contributed by atoms with Gasteiger partial charge in [-0.3, -0.25) is 4.79 Å². The normalized spacial score (nSPS) is 11.8. The van der Waals surface area contributed by atoms with Gasteiger partial charge in [-0.1, -0.05) is 42.4 Å².